The van der Waals surface area contributed by atoms with E-state index >= 15 is 0 Å². The number of hydrogen-bond acceptors (Lipinski definition) is 3. The molecule has 0 saturated heterocycles. The molecule has 0 aliphatic carbocycles. The zero-order chi connectivity index (χ0) is 18.4. The van der Waals surface area contributed by atoms with Gasteiger partial charge in [0.05, 0.1) is 11.8 Å². The molecule has 1 amide bonds. The van der Waals surface area contributed by atoms with Gasteiger partial charge in [0.2, 0.25) is 0 Å². The first kappa shape index (κ1) is 19.3. The van der Waals surface area contributed by atoms with Crippen molar-refractivity contribution in [3.05, 3.63) is 52.5 Å². The lowest BCUT2D eigenvalue weighted by Crippen LogP contribution is -2.21. The number of ether oxygens (including phenoxy) is 2. The fourth-order valence-electron chi connectivity index (χ4n) is 2.36. The second kappa shape index (κ2) is 8.90. The van der Waals surface area contributed by atoms with Gasteiger partial charge < -0.3 is 14.8 Å². The molecule has 0 fully saturated rings. The van der Waals surface area contributed by atoms with Crippen molar-refractivity contribution in [1.29, 1.82) is 0 Å². The predicted octanol–water partition coefficient (Wildman–Crippen LogP) is 5.38. The van der Waals surface area contributed by atoms with Crippen LogP contribution < -0.4 is 14.8 Å². The molecule has 2 aromatic rings. The SMILES string of the molecule is CC(C)Oc1ccccc1NC(=O)COc1ccc(Br)cc1C(C)C. The molecule has 0 aliphatic rings. The molecular weight excluding hydrogens is 382 g/mol. The average Bonchev–Trinajstić information content (AvgIpc) is 2.55. The number of amides is 1. The Morgan fingerprint density at radius 1 is 1.08 bits per heavy atom. The molecule has 1 N–H and O–H groups in total. The fraction of sp³-hybridized carbons (Fsp3) is 0.350. The van der Waals surface area contributed by atoms with E-state index in [0.29, 0.717) is 17.4 Å². The molecule has 0 saturated carbocycles. The van der Waals surface area contributed by atoms with Crippen molar-refractivity contribution in [1.82, 2.24) is 0 Å². The van der Waals surface area contributed by atoms with Crippen molar-refractivity contribution in [2.45, 2.75) is 39.7 Å². The molecule has 0 heterocycles. The van der Waals surface area contributed by atoms with Gasteiger partial charge in [0.15, 0.2) is 6.61 Å². The Bertz CT molecular complexity index is 729. The lowest BCUT2D eigenvalue weighted by Gasteiger charge is -2.16. The number of hydrogen-bond donors (Lipinski definition) is 1. The van der Waals surface area contributed by atoms with Crippen molar-refractivity contribution in [3.8, 4) is 11.5 Å². The molecule has 0 aliphatic heterocycles. The van der Waals surface area contributed by atoms with Gasteiger partial charge in [0.1, 0.15) is 11.5 Å². The van der Waals surface area contributed by atoms with E-state index in [9.17, 15) is 4.79 Å². The summed E-state index contributed by atoms with van der Waals surface area (Å²) in [4.78, 5) is 12.3. The second-order valence-electron chi connectivity index (χ2n) is 6.34. The Hall–Kier alpha value is -2.01. The lowest BCUT2D eigenvalue weighted by molar-refractivity contribution is -0.118. The molecule has 5 heteroatoms. The standard InChI is InChI=1S/C20H24BrNO3/c1-13(2)16-11-15(21)9-10-18(16)24-12-20(23)22-17-7-5-6-8-19(17)25-14(3)4/h5-11,13-14H,12H2,1-4H3,(H,22,23). The number of carbonyl (C=O) groups excluding carboxylic acids is 1. The van der Waals surface area contributed by atoms with Crippen LogP contribution in [0.25, 0.3) is 0 Å². The topological polar surface area (TPSA) is 47.6 Å². The Kier molecular flexibility index (Phi) is 6.88. The van der Waals surface area contributed by atoms with E-state index in [-0.39, 0.29) is 18.6 Å². The summed E-state index contributed by atoms with van der Waals surface area (Å²) in [7, 11) is 0. The highest BCUT2D eigenvalue weighted by Crippen LogP contribution is 2.30. The largest absolute Gasteiger partial charge is 0.489 e. The Balaban J connectivity index is 2.03. The highest BCUT2D eigenvalue weighted by Gasteiger charge is 2.12. The van der Waals surface area contributed by atoms with Crippen LogP contribution in [0.5, 0.6) is 11.5 Å². The summed E-state index contributed by atoms with van der Waals surface area (Å²) >= 11 is 3.47. The van der Waals surface area contributed by atoms with Gasteiger partial charge in [-0.15, -0.1) is 0 Å². The van der Waals surface area contributed by atoms with Gasteiger partial charge in [-0.25, -0.2) is 0 Å². The zero-order valence-corrected chi connectivity index (χ0v) is 16.6. The molecule has 4 nitrogen and oxygen atoms in total. The average molecular weight is 406 g/mol. The highest BCUT2D eigenvalue weighted by atomic mass is 79.9. The van der Waals surface area contributed by atoms with E-state index in [1.807, 2.05) is 56.3 Å². The molecular formula is C20H24BrNO3. The Morgan fingerprint density at radius 3 is 2.48 bits per heavy atom. The van der Waals surface area contributed by atoms with Crippen LogP contribution in [0, 0.1) is 0 Å². The van der Waals surface area contributed by atoms with E-state index in [4.69, 9.17) is 9.47 Å². The van der Waals surface area contributed by atoms with Gasteiger partial charge in [0, 0.05) is 4.47 Å². The number of carbonyl (C=O) groups is 1. The minimum atomic E-state index is -0.225. The number of anilines is 1. The fourth-order valence-corrected chi connectivity index (χ4v) is 2.74. The number of nitrogens with one attached hydrogen (secondary N) is 1. The van der Waals surface area contributed by atoms with Crippen LogP contribution in [0.2, 0.25) is 0 Å². The summed E-state index contributed by atoms with van der Waals surface area (Å²) in [6.07, 6.45) is 0.0330. The maximum Gasteiger partial charge on any atom is 0.262 e. The molecule has 0 bridgehead atoms. The van der Waals surface area contributed by atoms with E-state index in [1.54, 1.807) is 0 Å². The van der Waals surface area contributed by atoms with Crippen LogP contribution in [0.3, 0.4) is 0 Å². The van der Waals surface area contributed by atoms with Crippen molar-refractivity contribution in [2.75, 3.05) is 11.9 Å². The smallest absolute Gasteiger partial charge is 0.262 e. The minimum Gasteiger partial charge on any atom is -0.489 e. The van der Waals surface area contributed by atoms with Gasteiger partial charge in [-0.1, -0.05) is 41.9 Å². The van der Waals surface area contributed by atoms with Crippen LogP contribution in [0.1, 0.15) is 39.2 Å². The predicted molar refractivity (Wildman–Crippen MR) is 105 cm³/mol. The van der Waals surface area contributed by atoms with Crippen LogP contribution in [-0.2, 0) is 4.79 Å². The summed E-state index contributed by atoms with van der Waals surface area (Å²) in [5.74, 6) is 1.45. The Labute approximate surface area is 157 Å². The summed E-state index contributed by atoms with van der Waals surface area (Å²) < 4.78 is 12.4. The number of para-hydroxylation sites is 2. The van der Waals surface area contributed by atoms with Crippen LogP contribution in [-0.4, -0.2) is 18.6 Å². The van der Waals surface area contributed by atoms with Crippen molar-refractivity contribution in [2.24, 2.45) is 0 Å². The maximum absolute atomic E-state index is 12.3. The molecule has 0 atom stereocenters. The minimum absolute atomic E-state index is 0.0330. The molecule has 0 radical (unpaired) electrons. The van der Waals surface area contributed by atoms with Gasteiger partial charge >= 0.3 is 0 Å². The zero-order valence-electron chi connectivity index (χ0n) is 15.0. The molecule has 0 spiro atoms. The molecule has 2 rings (SSSR count). The van der Waals surface area contributed by atoms with Crippen LogP contribution in [0.15, 0.2) is 46.9 Å². The van der Waals surface area contributed by atoms with Crippen LogP contribution in [0.4, 0.5) is 5.69 Å². The number of rotatable bonds is 7. The summed E-state index contributed by atoms with van der Waals surface area (Å²) in [6.45, 7) is 8.02. The van der Waals surface area contributed by atoms with E-state index < -0.39 is 0 Å². The van der Waals surface area contributed by atoms with Gasteiger partial charge in [-0.3, -0.25) is 4.79 Å². The monoisotopic (exact) mass is 405 g/mol. The third-order valence-electron chi connectivity index (χ3n) is 3.48. The molecule has 2 aromatic carbocycles. The number of benzene rings is 2. The van der Waals surface area contributed by atoms with Crippen molar-refractivity contribution >= 4 is 27.5 Å². The molecule has 0 unspecified atom stereocenters. The van der Waals surface area contributed by atoms with Crippen LogP contribution >= 0.6 is 15.9 Å². The van der Waals surface area contributed by atoms with Gasteiger partial charge in [0.25, 0.3) is 5.91 Å². The molecule has 134 valence electrons. The lowest BCUT2D eigenvalue weighted by atomic mass is 10.0. The normalized spacial score (nSPS) is 10.8. The van der Waals surface area contributed by atoms with Gasteiger partial charge in [-0.2, -0.15) is 0 Å². The van der Waals surface area contributed by atoms with Crippen molar-refractivity contribution in [3.63, 3.8) is 0 Å². The number of halogens is 1. The first-order chi connectivity index (χ1) is 11.9. The van der Waals surface area contributed by atoms with E-state index in [0.717, 1.165) is 15.8 Å². The Morgan fingerprint density at radius 2 is 1.80 bits per heavy atom. The maximum atomic E-state index is 12.3. The van der Waals surface area contributed by atoms with E-state index in [2.05, 4.69) is 35.1 Å². The summed E-state index contributed by atoms with van der Waals surface area (Å²) in [5.41, 5.74) is 1.70. The summed E-state index contributed by atoms with van der Waals surface area (Å²) in [6, 6.07) is 13.2. The van der Waals surface area contributed by atoms with E-state index in [1.165, 1.54) is 0 Å². The first-order valence-corrected chi connectivity index (χ1v) is 9.14. The molecule has 25 heavy (non-hydrogen) atoms. The second-order valence-corrected chi connectivity index (χ2v) is 7.25. The summed E-state index contributed by atoms with van der Waals surface area (Å²) in [5, 5.41) is 2.85. The quantitative estimate of drug-likeness (QED) is 0.672. The van der Waals surface area contributed by atoms with Gasteiger partial charge in [-0.05, 0) is 55.7 Å². The third kappa shape index (κ3) is 5.78. The highest BCUT2D eigenvalue weighted by molar-refractivity contribution is 9.10. The third-order valence-corrected chi connectivity index (χ3v) is 3.97. The molecule has 0 aromatic heterocycles. The van der Waals surface area contributed by atoms with Crippen molar-refractivity contribution < 1.29 is 14.3 Å². The first-order valence-electron chi connectivity index (χ1n) is 8.34.